The first-order chi connectivity index (χ1) is 12.2. The van der Waals surface area contributed by atoms with Gasteiger partial charge >= 0.3 is 0 Å². The molecule has 0 saturated heterocycles. The van der Waals surface area contributed by atoms with Gasteiger partial charge in [0.05, 0.1) is 11.4 Å². The average molecular weight is 375 g/mol. The molecule has 0 aliphatic carbocycles. The molecule has 2 aromatic carbocycles. The monoisotopic (exact) mass is 375 g/mol. The van der Waals surface area contributed by atoms with Gasteiger partial charge in [0, 0.05) is 12.6 Å². The number of aryl methyl sites for hydroxylation is 2. The van der Waals surface area contributed by atoms with Crippen molar-refractivity contribution in [1.29, 1.82) is 0 Å². The van der Waals surface area contributed by atoms with Crippen LogP contribution in [0.5, 0.6) is 0 Å². The zero-order chi connectivity index (χ0) is 19.3. The van der Waals surface area contributed by atoms with Crippen LogP contribution in [-0.4, -0.2) is 38.1 Å². The van der Waals surface area contributed by atoms with E-state index >= 15 is 0 Å². The highest BCUT2D eigenvalue weighted by Crippen LogP contribution is 2.17. The smallest absolute Gasteiger partial charge is 0.269 e. The van der Waals surface area contributed by atoms with Crippen molar-refractivity contribution in [2.45, 2.75) is 18.7 Å². The Labute approximate surface area is 153 Å². The maximum absolute atomic E-state index is 12.5. The lowest BCUT2D eigenvalue weighted by Crippen LogP contribution is -2.46. The van der Waals surface area contributed by atoms with Gasteiger partial charge in [-0.1, -0.05) is 24.3 Å². The van der Waals surface area contributed by atoms with Crippen LogP contribution in [0.15, 0.2) is 53.4 Å². The number of amides is 2. The molecule has 2 amide bonds. The topological polar surface area (TPSA) is 95.6 Å². The number of hydrogen-bond donors (Lipinski definition) is 2. The van der Waals surface area contributed by atoms with Crippen LogP contribution in [-0.2, 0) is 14.8 Å². The highest BCUT2D eigenvalue weighted by molar-refractivity contribution is 7.89. The summed E-state index contributed by atoms with van der Waals surface area (Å²) in [4.78, 5) is 23.9. The molecule has 2 aromatic rings. The minimum atomic E-state index is -3.80. The summed E-state index contributed by atoms with van der Waals surface area (Å²) in [6.07, 6.45) is 0. The van der Waals surface area contributed by atoms with E-state index in [1.54, 1.807) is 42.5 Å². The predicted molar refractivity (Wildman–Crippen MR) is 97.8 cm³/mol. The van der Waals surface area contributed by atoms with Crippen molar-refractivity contribution in [2.75, 3.05) is 13.6 Å². The highest BCUT2D eigenvalue weighted by Gasteiger charge is 2.23. The number of sulfonamides is 1. The fourth-order valence-corrected chi connectivity index (χ4v) is 3.38. The Morgan fingerprint density at radius 2 is 1.62 bits per heavy atom. The quantitative estimate of drug-likeness (QED) is 0.772. The molecule has 2 rings (SSSR count). The second kappa shape index (κ2) is 8.11. The van der Waals surface area contributed by atoms with Gasteiger partial charge in [0.1, 0.15) is 0 Å². The Balaban J connectivity index is 1.97. The molecule has 8 heteroatoms. The number of nitrogens with zero attached hydrogens (tertiary/aromatic N) is 1. The molecule has 0 bridgehead atoms. The van der Waals surface area contributed by atoms with Crippen LogP contribution in [0.2, 0.25) is 0 Å². The second-order valence-corrected chi connectivity index (χ2v) is 7.92. The van der Waals surface area contributed by atoms with Crippen molar-refractivity contribution in [3.63, 3.8) is 0 Å². The highest BCUT2D eigenvalue weighted by atomic mass is 32.2. The van der Waals surface area contributed by atoms with Gasteiger partial charge in [0.15, 0.2) is 0 Å². The van der Waals surface area contributed by atoms with Gasteiger partial charge in [0.2, 0.25) is 10.0 Å². The molecule has 0 aliphatic rings. The van der Waals surface area contributed by atoms with Gasteiger partial charge in [-0.25, -0.2) is 8.42 Å². The summed E-state index contributed by atoms with van der Waals surface area (Å²) in [5, 5.41) is 0. The molecule has 7 nitrogen and oxygen atoms in total. The van der Waals surface area contributed by atoms with E-state index in [-0.39, 0.29) is 4.90 Å². The Kier molecular flexibility index (Phi) is 6.12. The van der Waals surface area contributed by atoms with E-state index in [4.69, 9.17) is 0 Å². The SMILES string of the molecule is Cc1ccc(S(=O)(=O)N(C)CC(=O)NNC(=O)c2ccccc2)cc1C. The zero-order valence-corrected chi connectivity index (χ0v) is 15.6. The van der Waals surface area contributed by atoms with Crippen molar-refractivity contribution in [3.05, 3.63) is 65.2 Å². The normalized spacial score (nSPS) is 11.2. The van der Waals surface area contributed by atoms with E-state index in [0.717, 1.165) is 15.4 Å². The van der Waals surface area contributed by atoms with Gasteiger partial charge in [-0.15, -0.1) is 0 Å². The Morgan fingerprint density at radius 3 is 2.23 bits per heavy atom. The minimum Gasteiger partial charge on any atom is -0.272 e. The van der Waals surface area contributed by atoms with Crippen LogP contribution >= 0.6 is 0 Å². The van der Waals surface area contributed by atoms with Crippen molar-refractivity contribution >= 4 is 21.8 Å². The van der Waals surface area contributed by atoms with Crippen LogP contribution in [0.3, 0.4) is 0 Å². The number of likely N-dealkylation sites (N-methyl/N-ethyl adjacent to an activating group) is 1. The van der Waals surface area contributed by atoms with E-state index in [1.807, 2.05) is 13.8 Å². The summed E-state index contributed by atoms with van der Waals surface area (Å²) in [7, 11) is -2.50. The summed E-state index contributed by atoms with van der Waals surface area (Å²) in [5.41, 5.74) is 6.67. The van der Waals surface area contributed by atoms with E-state index < -0.39 is 28.4 Å². The Morgan fingerprint density at radius 1 is 0.962 bits per heavy atom. The number of hydrazine groups is 1. The molecule has 2 N–H and O–H groups in total. The van der Waals surface area contributed by atoms with Crippen LogP contribution < -0.4 is 10.9 Å². The number of benzene rings is 2. The zero-order valence-electron chi connectivity index (χ0n) is 14.8. The van der Waals surface area contributed by atoms with Gasteiger partial charge in [-0.05, 0) is 49.2 Å². The van der Waals surface area contributed by atoms with Crippen LogP contribution in [0.4, 0.5) is 0 Å². The molecule has 0 heterocycles. The maximum atomic E-state index is 12.5. The lowest BCUT2D eigenvalue weighted by atomic mass is 10.1. The molecule has 138 valence electrons. The molecule has 0 unspecified atom stereocenters. The molecule has 0 fully saturated rings. The molecule has 0 aromatic heterocycles. The average Bonchev–Trinajstić information content (AvgIpc) is 2.62. The number of nitrogens with one attached hydrogen (secondary N) is 2. The van der Waals surface area contributed by atoms with Crippen LogP contribution in [0.1, 0.15) is 21.5 Å². The predicted octanol–water partition coefficient (Wildman–Crippen LogP) is 1.39. The largest absolute Gasteiger partial charge is 0.272 e. The van der Waals surface area contributed by atoms with Crippen LogP contribution in [0.25, 0.3) is 0 Å². The summed E-state index contributed by atoms with van der Waals surface area (Å²) in [5.74, 6) is -1.14. The lowest BCUT2D eigenvalue weighted by molar-refractivity contribution is -0.121. The van der Waals surface area contributed by atoms with E-state index in [9.17, 15) is 18.0 Å². The lowest BCUT2D eigenvalue weighted by Gasteiger charge is -2.17. The van der Waals surface area contributed by atoms with Crippen molar-refractivity contribution < 1.29 is 18.0 Å². The molecular weight excluding hydrogens is 354 g/mol. The van der Waals surface area contributed by atoms with Gasteiger partial charge in [0.25, 0.3) is 11.8 Å². The van der Waals surface area contributed by atoms with E-state index in [2.05, 4.69) is 10.9 Å². The second-order valence-electron chi connectivity index (χ2n) is 5.88. The standard InChI is InChI=1S/C18H21N3O4S/c1-13-9-10-16(11-14(13)2)26(24,25)21(3)12-17(22)19-20-18(23)15-7-5-4-6-8-15/h4-11H,12H2,1-3H3,(H,19,22)(H,20,23). The third-order valence-electron chi connectivity index (χ3n) is 3.90. The first-order valence-corrected chi connectivity index (χ1v) is 9.33. The van der Waals surface area contributed by atoms with E-state index in [0.29, 0.717) is 5.56 Å². The summed E-state index contributed by atoms with van der Waals surface area (Å²) in [6.45, 7) is 3.28. The van der Waals surface area contributed by atoms with Crippen molar-refractivity contribution in [3.8, 4) is 0 Å². The third-order valence-corrected chi connectivity index (χ3v) is 5.70. The molecule has 26 heavy (non-hydrogen) atoms. The molecule has 0 spiro atoms. The third kappa shape index (κ3) is 4.68. The minimum absolute atomic E-state index is 0.115. The molecule has 0 atom stereocenters. The summed E-state index contributed by atoms with van der Waals surface area (Å²) < 4.78 is 26.0. The Hall–Kier alpha value is -2.71. The first kappa shape index (κ1) is 19.6. The van der Waals surface area contributed by atoms with Crippen molar-refractivity contribution in [1.82, 2.24) is 15.2 Å². The first-order valence-electron chi connectivity index (χ1n) is 7.89. The summed E-state index contributed by atoms with van der Waals surface area (Å²) in [6, 6.07) is 13.1. The fourth-order valence-electron chi connectivity index (χ4n) is 2.17. The molecular formula is C18H21N3O4S. The number of hydrogen-bond acceptors (Lipinski definition) is 4. The van der Waals surface area contributed by atoms with Crippen LogP contribution in [0, 0.1) is 13.8 Å². The number of carbonyl (C=O) groups excluding carboxylic acids is 2. The summed E-state index contributed by atoms with van der Waals surface area (Å²) >= 11 is 0. The fraction of sp³-hybridized carbons (Fsp3) is 0.222. The molecule has 0 aliphatic heterocycles. The van der Waals surface area contributed by atoms with Gasteiger partial charge < -0.3 is 0 Å². The Bertz CT molecular complexity index is 911. The molecule has 0 radical (unpaired) electrons. The maximum Gasteiger partial charge on any atom is 0.269 e. The molecule has 0 saturated carbocycles. The van der Waals surface area contributed by atoms with E-state index in [1.165, 1.54) is 13.1 Å². The van der Waals surface area contributed by atoms with Gasteiger partial charge in [-0.3, -0.25) is 20.4 Å². The van der Waals surface area contributed by atoms with Crippen molar-refractivity contribution in [2.24, 2.45) is 0 Å². The number of carbonyl (C=O) groups is 2. The number of rotatable bonds is 5. The van der Waals surface area contributed by atoms with Gasteiger partial charge in [-0.2, -0.15) is 4.31 Å².